The highest BCUT2D eigenvalue weighted by Crippen LogP contribution is 2.41. The van der Waals surface area contributed by atoms with Crippen molar-refractivity contribution in [3.8, 4) is 28.2 Å². The van der Waals surface area contributed by atoms with Crippen molar-refractivity contribution in [3.05, 3.63) is 76.6 Å². The zero-order valence-corrected chi connectivity index (χ0v) is 24.6. The molecule has 4 aromatic rings. The van der Waals surface area contributed by atoms with E-state index in [2.05, 4.69) is 10.6 Å². The number of alkyl halides is 3. The molecule has 1 heterocycles. The van der Waals surface area contributed by atoms with E-state index in [0.29, 0.717) is 46.0 Å². The summed E-state index contributed by atoms with van der Waals surface area (Å²) in [5.41, 5.74) is 2.07. The minimum Gasteiger partial charge on any atom is -0.496 e. The van der Waals surface area contributed by atoms with E-state index in [9.17, 15) is 32.3 Å². The number of rotatable bonds is 8. The molecule has 3 aromatic carbocycles. The number of aliphatic hydroxyl groups is 1. The number of aliphatic hydroxyl groups excluding tert-OH is 1. The maximum Gasteiger partial charge on any atom is 0.389 e. The predicted molar refractivity (Wildman–Crippen MR) is 157 cm³/mol. The fraction of sp³-hybridized carbons (Fsp3) is 0.333. The lowest BCUT2D eigenvalue weighted by molar-refractivity contribution is -0.133. The van der Waals surface area contributed by atoms with E-state index < -0.39 is 41.9 Å². The molecule has 0 unspecified atom stereocenters. The molecule has 7 nitrogen and oxygen atoms in total. The lowest BCUT2D eigenvalue weighted by Crippen LogP contribution is -2.57. The molecule has 1 aromatic heterocycles. The number of ether oxygens (including phenoxy) is 1. The fourth-order valence-corrected chi connectivity index (χ4v) is 5.82. The molecular weight excluding hydrogens is 580 g/mol. The first-order valence-corrected chi connectivity index (χ1v) is 14.1. The Kier molecular flexibility index (Phi) is 8.19. The summed E-state index contributed by atoms with van der Waals surface area (Å²) in [5.74, 6) is -1.03. The third-order valence-electron chi connectivity index (χ3n) is 8.02. The highest BCUT2D eigenvalue weighted by Gasteiger charge is 2.41. The fourth-order valence-electron chi connectivity index (χ4n) is 5.82. The lowest BCUT2D eigenvalue weighted by atomic mass is 9.76. The van der Waals surface area contributed by atoms with Crippen molar-refractivity contribution in [2.24, 2.45) is 0 Å². The number of aryl methyl sites for hydroxylation is 2. The molecule has 0 atom stereocenters. The lowest BCUT2D eigenvalue weighted by Gasteiger charge is -2.43. The van der Waals surface area contributed by atoms with Crippen LogP contribution in [0.4, 0.5) is 17.6 Å². The second kappa shape index (κ2) is 11.6. The second-order valence-corrected chi connectivity index (χ2v) is 11.5. The highest BCUT2D eigenvalue weighted by atomic mass is 19.4. The van der Waals surface area contributed by atoms with Gasteiger partial charge in [0.15, 0.2) is 0 Å². The summed E-state index contributed by atoms with van der Waals surface area (Å²) in [5, 5.41) is 15.6. The molecule has 0 saturated heterocycles. The van der Waals surface area contributed by atoms with Crippen LogP contribution in [0.5, 0.6) is 5.75 Å². The number of nitrogens with one attached hydrogen (secondary N) is 2. The molecule has 0 spiro atoms. The molecule has 1 aliphatic rings. The van der Waals surface area contributed by atoms with Gasteiger partial charge >= 0.3 is 6.18 Å². The van der Waals surface area contributed by atoms with Crippen LogP contribution in [-0.2, 0) is 6.42 Å². The number of halogens is 4. The Labute approximate surface area is 251 Å². The van der Waals surface area contributed by atoms with Crippen molar-refractivity contribution in [2.45, 2.75) is 57.3 Å². The summed E-state index contributed by atoms with van der Waals surface area (Å²) >= 11 is 0. The van der Waals surface area contributed by atoms with Crippen LogP contribution < -0.4 is 15.4 Å². The number of carbonyl (C=O) groups is 2. The zero-order chi connectivity index (χ0) is 32.0. The van der Waals surface area contributed by atoms with Gasteiger partial charge in [-0.3, -0.25) is 9.59 Å². The number of carbonyl (C=O) groups excluding carboxylic acids is 2. The van der Waals surface area contributed by atoms with Crippen molar-refractivity contribution in [3.63, 3.8) is 0 Å². The monoisotopic (exact) mass is 612 g/mol. The first kappa shape index (κ1) is 31.1. The molecule has 3 N–H and O–H groups in total. The van der Waals surface area contributed by atoms with Gasteiger partial charge in [-0.15, -0.1) is 0 Å². The Morgan fingerprint density at radius 2 is 1.75 bits per heavy atom. The first-order valence-electron chi connectivity index (χ1n) is 14.1. The molecule has 0 bridgehead atoms. The first-order chi connectivity index (χ1) is 20.7. The second-order valence-electron chi connectivity index (χ2n) is 11.5. The maximum atomic E-state index is 13.7. The summed E-state index contributed by atoms with van der Waals surface area (Å²) in [6, 6.07) is 11.6. The largest absolute Gasteiger partial charge is 0.496 e. The van der Waals surface area contributed by atoms with Crippen molar-refractivity contribution >= 4 is 22.8 Å². The molecule has 5 rings (SSSR count). The Morgan fingerprint density at radius 1 is 1.07 bits per heavy atom. The summed E-state index contributed by atoms with van der Waals surface area (Å²) in [7, 11) is 2.85. The van der Waals surface area contributed by atoms with Gasteiger partial charge in [0.1, 0.15) is 22.9 Å². The summed E-state index contributed by atoms with van der Waals surface area (Å²) in [4.78, 5) is 26.6. The topological polar surface area (TPSA) is 101 Å². The standard InChI is InChI=1S/C33H32F4N2O5/c1-17-11-26(43-4)25(30(41)39-32(2)15-21(40)16-32)13-22(17)23-14-24-27(12-19(23)9-10-33(35,36)37)44-29(28(24)31(42)38-3)18-5-7-20(34)8-6-18/h5-8,11-14,21,40H,9-10,15-16H2,1-4H3,(H,38,42)(H,39,41). The number of benzene rings is 3. The Balaban J connectivity index is 1.72. The number of amides is 2. The molecule has 2 amide bonds. The number of methoxy groups -OCH3 is 1. The van der Waals surface area contributed by atoms with Gasteiger partial charge in [0.25, 0.3) is 11.8 Å². The average molecular weight is 613 g/mol. The van der Waals surface area contributed by atoms with Gasteiger partial charge < -0.3 is 24.9 Å². The third-order valence-corrected chi connectivity index (χ3v) is 8.02. The van der Waals surface area contributed by atoms with Crippen molar-refractivity contribution in [1.29, 1.82) is 0 Å². The van der Waals surface area contributed by atoms with E-state index in [0.717, 1.165) is 0 Å². The summed E-state index contributed by atoms with van der Waals surface area (Å²) in [6.45, 7) is 3.57. The number of furan rings is 1. The van der Waals surface area contributed by atoms with Crippen LogP contribution in [0.15, 0.2) is 52.9 Å². The van der Waals surface area contributed by atoms with E-state index in [4.69, 9.17) is 9.15 Å². The SMILES string of the molecule is CNC(=O)c1c(-c2ccc(F)cc2)oc2cc(CCC(F)(F)F)c(-c3cc(C(=O)NC4(C)CC(O)C4)c(OC)cc3C)cc12. The zero-order valence-electron chi connectivity index (χ0n) is 24.6. The van der Waals surface area contributed by atoms with Crippen molar-refractivity contribution in [2.75, 3.05) is 14.2 Å². The average Bonchev–Trinajstić information content (AvgIpc) is 3.32. The van der Waals surface area contributed by atoms with E-state index in [1.165, 1.54) is 44.5 Å². The highest BCUT2D eigenvalue weighted by molar-refractivity contribution is 6.12. The molecule has 1 fully saturated rings. The minimum atomic E-state index is -4.44. The normalized spacial score (nSPS) is 18.2. The van der Waals surface area contributed by atoms with Gasteiger partial charge in [-0.2, -0.15) is 13.2 Å². The van der Waals surface area contributed by atoms with Crippen LogP contribution in [0.1, 0.15) is 58.0 Å². The molecule has 0 radical (unpaired) electrons. The Morgan fingerprint density at radius 3 is 2.34 bits per heavy atom. The minimum absolute atomic E-state index is 0.137. The number of hydrogen-bond donors (Lipinski definition) is 3. The van der Waals surface area contributed by atoms with E-state index in [1.54, 1.807) is 25.1 Å². The molecule has 11 heteroatoms. The molecule has 44 heavy (non-hydrogen) atoms. The summed E-state index contributed by atoms with van der Waals surface area (Å²) in [6.07, 6.45) is -5.68. The van der Waals surface area contributed by atoms with Gasteiger partial charge in [0.05, 0.1) is 24.3 Å². The van der Waals surface area contributed by atoms with E-state index in [1.807, 2.05) is 6.92 Å². The van der Waals surface area contributed by atoms with E-state index in [-0.39, 0.29) is 34.6 Å². The number of fused-ring (bicyclic) bond motifs is 1. The van der Waals surface area contributed by atoms with Gasteiger partial charge in [-0.1, -0.05) is 0 Å². The van der Waals surface area contributed by atoms with Crippen LogP contribution in [-0.4, -0.2) is 48.9 Å². The van der Waals surface area contributed by atoms with Crippen LogP contribution in [0.3, 0.4) is 0 Å². The van der Waals surface area contributed by atoms with Gasteiger partial charge in [0, 0.05) is 30.0 Å². The quantitative estimate of drug-likeness (QED) is 0.192. The van der Waals surface area contributed by atoms with Crippen molar-refractivity contribution in [1.82, 2.24) is 10.6 Å². The van der Waals surface area contributed by atoms with Gasteiger partial charge in [0.2, 0.25) is 0 Å². The molecule has 232 valence electrons. The molecule has 0 aliphatic heterocycles. The van der Waals surface area contributed by atoms with Crippen LogP contribution in [0.25, 0.3) is 33.4 Å². The van der Waals surface area contributed by atoms with Crippen molar-refractivity contribution < 1.29 is 41.4 Å². The number of hydrogen-bond acceptors (Lipinski definition) is 5. The smallest absolute Gasteiger partial charge is 0.389 e. The van der Waals surface area contributed by atoms with Gasteiger partial charge in [-0.25, -0.2) is 4.39 Å². The third kappa shape index (κ3) is 6.14. The van der Waals surface area contributed by atoms with Gasteiger partial charge in [-0.05, 0) is 104 Å². The maximum absolute atomic E-state index is 13.7. The summed E-state index contributed by atoms with van der Waals surface area (Å²) < 4.78 is 65.5. The predicted octanol–water partition coefficient (Wildman–Crippen LogP) is 6.72. The molecular formula is C33H32F4N2O5. The Hall–Kier alpha value is -4.38. The molecule has 1 saturated carbocycles. The van der Waals surface area contributed by atoms with Crippen LogP contribution in [0, 0.1) is 12.7 Å². The Bertz CT molecular complexity index is 1740. The van der Waals surface area contributed by atoms with E-state index >= 15 is 0 Å². The van der Waals surface area contributed by atoms with Crippen LogP contribution in [0.2, 0.25) is 0 Å². The van der Waals surface area contributed by atoms with Crippen LogP contribution >= 0.6 is 0 Å². The molecule has 1 aliphatic carbocycles.